The zero-order chi connectivity index (χ0) is 15.2. The molecule has 0 saturated heterocycles. The molecule has 0 aliphatic heterocycles. The highest BCUT2D eigenvalue weighted by Gasteiger charge is 2.10. The zero-order valence-corrected chi connectivity index (χ0v) is 11.7. The predicted octanol–water partition coefficient (Wildman–Crippen LogP) is 3.09. The summed E-state index contributed by atoms with van der Waals surface area (Å²) in [5, 5.41) is 14.7. The number of halogens is 1. The van der Waals surface area contributed by atoms with Crippen LogP contribution in [0.1, 0.15) is 10.4 Å². The van der Waals surface area contributed by atoms with E-state index in [1.165, 1.54) is 18.2 Å². The van der Waals surface area contributed by atoms with Crippen LogP contribution >= 0.6 is 11.6 Å². The lowest BCUT2D eigenvalue weighted by molar-refractivity contribution is -0.114. The number of carboxylic acids is 1. The lowest BCUT2D eigenvalue weighted by Gasteiger charge is -2.09. The zero-order valence-electron chi connectivity index (χ0n) is 11.0. The van der Waals surface area contributed by atoms with Gasteiger partial charge in [-0.1, -0.05) is 29.8 Å². The highest BCUT2D eigenvalue weighted by Crippen LogP contribution is 2.23. The van der Waals surface area contributed by atoms with Crippen LogP contribution in [0, 0.1) is 0 Å². The maximum Gasteiger partial charge on any atom is 0.335 e. The van der Waals surface area contributed by atoms with Crippen molar-refractivity contribution in [1.29, 1.82) is 0 Å². The van der Waals surface area contributed by atoms with Gasteiger partial charge in [0.2, 0.25) is 5.91 Å². The van der Waals surface area contributed by atoms with Gasteiger partial charge in [0.1, 0.15) is 0 Å². The molecule has 0 atom stereocenters. The Hall–Kier alpha value is -2.53. The lowest BCUT2D eigenvalue weighted by Crippen LogP contribution is -2.22. The number of nitrogens with one attached hydrogen (secondary N) is 2. The Morgan fingerprint density at radius 2 is 1.81 bits per heavy atom. The molecule has 2 rings (SSSR count). The summed E-state index contributed by atoms with van der Waals surface area (Å²) in [5.41, 5.74) is 1.15. The van der Waals surface area contributed by atoms with Gasteiger partial charge in [-0.05, 0) is 30.3 Å². The minimum Gasteiger partial charge on any atom is -0.478 e. The smallest absolute Gasteiger partial charge is 0.335 e. The molecule has 0 aliphatic rings. The molecule has 0 aromatic heterocycles. The largest absolute Gasteiger partial charge is 0.478 e. The summed E-state index contributed by atoms with van der Waals surface area (Å²) in [5.74, 6) is -1.40. The molecule has 21 heavy (non-hydrogen) atoms. The molecule has 6 heteroatoms. The third kappa shape index (κ3) is 4.22. The van der Waals surface area contributed by atoms with Crippen LogP contribution in [0.15, 0.2) is 48.5 Å². The molecule has 0 heterocycles. The number of carbonyl (C=O) groups is 2. The number of hydrogen-bond donors (Lipinski definition) is 3. The first-order chi connectivity index (χ1) is 10.1. The van der Waals surface area contributed by atoms with Crippen molar-refractivity contribution in [3.63, 3.8) is 0 Å². The molecule has 0 aliphatic carbocycles. The highest BCUT2D eigenvalue weighted by molar-refractivity contribution is 6.33. The van der Waals surface area contributed by atoms with Gasteiger partial charge >= 0.3 is 5.97 Å². The second kappa shape index (κ2) is 6.76. The third-order valence-corrected chi connectivity index (χ3v) is 3.04. The van der Waals surface area contributed by atoms with E-state index in [2.05, 4.69) is 10.6 Å². The van der Waals surface area contributed by atoms with E-state index in [0.717, 1.165) is 5.69 Å². The molecule has 0 saturated carbocycles. The van der Waals surface area contributed by atoms with Gasteiger partial charge in [0.25, 0.3) is 0 Å². The minimum absolute atomic E-state index is 0.0532. The van der Waals surface area contributed by atoms with E-state index in [0.29, 0.717) is 0 Å². The number of rotatable bonds is 5. The molecule has 0 bridgehead atoms. The Morgan fingerprint density at radius 3 is 2.48 bits per heavy atom. The SMILES string of the molecule is O=C(CNc1ccccc1)Nc1cc(C(=O)O)ccc1Cl. The van der Waals surface area contributed by atoms with Crippen molar-refractivity contribution >= 4 is 34.9 Å². The van der Waals surface area contributed by atoms with Gasteiger partial charge in [-0.25, -0.2) is 4.79 Å². The first-order valence-corrected chi connectivity index (χ1v) is 6.55. The van der Waals surface area contributed by atoms with E-state index in [9.17, 15) is 9.59 Å². The molecular weight excluding hydrogens is 292 g/mol. The Morgan fingerprint density at radius 1 is 1.10 bits per heavy atom. The highest BCUT2D eigenvalue weighted by atomic mass is 35.5. The molecule has 2 aromatic carbocycles. The van der Waals surface area contributed by atoms with Crippen molar-refractivity contribution in [1.82, 2.24) is 0 Å². The van der Waals surface area contributed by atoms with Gasteiger partial charge < -0.3 is 15.7 Å². The number of carbonyl (C=O) groups excluding carboxylic acids is 1. The van der Waals surface area contributed by atoms with Gasteiger partial charge in [-0.3, -0.25) is 4.79 Å². The van der Waals surface area contributed by atoms with E-state index < -0.39 is 5.97 Å². The Bertz CT molecular complexity index is 659. The maximum absolute atomic E-state index is 11.8. The number of hydrogen-bond acceptors (Lipinski definition) is 3. The number of benzene rings is 2. The van der Waals surface area contributed by atoms with E-state index >= 15 is 0 Å². The van der Waals surface area contributed by atoms with Crippen LogP contribution < -0.4 is 10.6 Å². The van der Waals surface area contributed by atoms with Crippen LogP contribution in [0.4, 0.5) is 11.4 Å². The monoisotopic (exact) mass is 304 g/mol. The fourth-order valence-corrected chi connectivity index (χ4v) is 1.85. The Labute approximate surface area is 126 Å². The molecule has 3 N–H and O–H groups in total. The van der Waals surface area contributed by atoms with Crippen LogP contribution in [-0.2, 0) is 4.79 Å². The standard InChI is InChI=1S/C15H13ClN2O3/c16-12-7-6-10(15(20)21)8-13(12)18-14(19)9-17-11-4-2-1-3-5-11/h1-8,17H,9H2,(H,18,19)(H,20,21). The summed E-state index contributed by atoms with van der Waals surface area (Å²) in [6.45, 7) is 0.0532. The topological polar surface area (TPSA) is 78.4 Å². The van der Waals surface area contributed by atoms with Crippen molar-refractivity contribution in [2.24, 2.45) is 0 Å². The summed E-state index contributed by atoms with van der Waals surface area (Å²) in [6.07, 6.45) is 0. The molecule has 5 nitrogen and oxygen atoms in total. The molecule has 2 aromatic rings. The minimum atomic E-state index is -1.08. The molecule has 0 spiro atoms. The van der Waals surface area contributed by atoms with Crippen LogP contribution in [0.3, 0.4) is 0 Å². The fourth-order valence-electron chi connectivity index (χ4n) is 1.69. The maximum atomic E-state index is 11.8. The van der Waals surface area contributed by atoms with E-state index in [4.69, 9.17) is 16.7 Å². The first kappa shape index (κ1) is 14.9. The Kier molecular flexibility index (Phi) is 4.79. The van der Waals surface area contributed by atoms with Gasteiger partial charge in [-0.2, -0.15) is 0 Å². The average Bonchev–Trinajstić information content (AvgIpc) is 2.48. The van der Waals surface area contributed by atoms with Gasteiger partial charge in [0.15, 0.2) is 0 Å². The van der Waals surface area contributed by atoms with Crippen molar-refractivity contribution in [3.8, 4) is 0 Å². The van der Waals surface area contributed by atoms with Crippen molar-refractivity contribution in [2.75, 3.05) is 17.2 Å². The predicted molar refractivity (Wildman–Crippen MR) is 82.0 cm³/mol. The number of para-hydroxylation sites is 1. The molecule has 0 radical (unpaired) electrons. The summed E-state index contributed by atoms with van der Waals surface area (Å²) >= 11 is 5.93. The quantitative estimate of drug-likeness (QED) is 0.793. The van der Waals surface area contributed by atoms with E-state index in [1.807, 2.05) is 30.3 Å². The van der Waals surface area contributed by atoms with Gasteiger partial charge in [0.05, 0.1) is 22.8 Å². The molecular formula is C15H13ClN2O3. The fraction of sp³-hybridized carbons (Fsp3) is 0.0667. The lowest BCUT2D eigenvalue weighted by atomic mass is 10.2. The van der Waals surface area contributed by atoms with Crippen molar-refractivity contribution < 1.29 is 14.7 Å². The summed E-state index contributed by atoms with van der Waals surface area (Å²) < 4.78 is 0. The summed E-state index contributed by atoms with van der Waals surface area (Å²) in [6, 6.07) is 13.4. The van der Waals surface area contributed by atoms with Crippen molar-refractivity contribution in [3.05, 3.63) is 59.1 Å². The Balaban J connectivity index is 1.99. The van der Waals surface area contributed by atoms with E-state index in [1.54, 1.807) is 0 Å². The number of aromatic carboxylic acids is 1. The second-order valence-electron chi connectivity index (χ2n) is 4.27. The number of carboxylic acid groups (broad SMARTS) is 1. The van der Waals surface area contributed by atoms with Crippen molar-refractivity contribution in [2.45, 2.75) is 0 Å². The van der Waals surface area contributed by atoms with Gasteiger partial charge in [-0.15, -0.1) is 0 Å². The van der Waals surface area contributed by atoms with Crippen LogP contribution in [-0.4, -0.2) is 23.5 Å². The second-order valence-corrected chi connectivity index (χ2v) is 4.67. The van der Waals surface area contributed by atoms with Crippen LogP contribution in [0.5, 0.6) is 0 Å². The van der Waals surface area contributed by atoms with Crippen LogP contribution in [0.2, 0.25) is 5.02 Å². The number of amides is 1. The number of anilines is 2. The molecule has 1 amide bonds. The summed E-state index contributed by atoms with van der Waals surface area (Å²) in [7, 11) is 0. The average molecular weight is 305 g/mol. The first-order valence-electron chi connectivity index (χ1n) is 6.18. The van der Waals surface area contributed by atoms with Gasteiger partial charge in [0, 0.05) is 5.69 Å². The molecule has 108 valence electrons. The molecule has 0 fully saturated rings. The normalized spacial score (nSPS) is 9.95. The third-order valence-electron chi connectivity index (χ3n) is 2.71. The van der Waals surface area contributed by atoms with Crippen LogP contribution in [0.25, 0.3) is 0 Å². The summed E-state index contributed by atoms with van der Waals surface area (Å²) in [4.78, 5) is 22.7. The molecule has 0 unspecified atom stereocenters. The van der Waals surface area contributed by atoms with E-state index in [-0.39, 0.29) is 28.7 Å².